The predicted octanol–water partition coefficient (Wildman–Crippen LogP) is 2.60. The van der Waals surface area contributed by atoms with E-state index in [0.29, 0.717) is 5.52 Å². The number of aryl methyl sites for hydroxylation is 1. The first-order chi connectivity index (χ1) is 11.2. The molecule has 0 fully saturated rings. The molecule has 0 atom stereocenters. The zero-order valence-corrected chi connectivity index (χ0v) is 13.0. The summed E-state index contributed by atoms with van der Waals surface area (Å²) >= 11 is 0. The number of benzene rings is 1. The van der Waals surface area contributed by atoms with Gasteiger partial charge in [0.1, 0.15) is 17.1 Å². The van der Waals surface area contributed by atoms with Crippen LogP contribution in [0.4, 0.5) is 0 Å². The maximum Gasteiger partial charge on any atom is 0.141 e. The Morgan fingerprint density at radius 1 is 1.17 bits per heavy atom. The van der Waals surface area contributed by atoms with Crippen LogP contribution in [0, 0.1) is 6.92 Å². The average molecular weight is 306 g/mol. The highest BCUT2D eigenvalue weighted by Gasteiger charge is 2.18. The first kappa shape index (κ1) is 14.1. The lowest BCUT2D eigenvalue weighted by atomic mass is 10.1. The number of phenols is 1. The van der Waals surface area contributed by atoms with Crippen LogP contribution in [0.2, 0.25) is 0 Å². The molecule has 3 aromatic rings. The summed E-state index contributed by atoms with van der Waals surface area (Å²) in [5.74, 6) is 1.07. The van der Waals surface area contributed by atoms with Gasteiger partial charge in [0.2, 0.25) is 0 Å². The second-order valence-corrected chi connectivity index (χ2v) is 6.00. The van der Waals surface area contributed by atoms with Gasteiger partial charge in [-0.25, -0.2) is 15.0 Å². The lowest BCUT2D eigenvalue weighted by molar-refractivity contribution is 0.240. The zero-order valence-electron chi connectivity index (χ0n) is 13.0. The largest absolute Gasteiger partial charge is 0.506 e. The molecule has 5 nitrogen and oxygen atoms in total. The smallest absolute Gasteiger partial charge is 0.141 e. The van der Waals surface area contributed by atoms with Gasteiger partial charge in [0.05, 0.1) is 5.69 Å². The fourth-order valence-electron chi connectivity index (χ4n) is 3.10. The van der Waals surface area contributed by atoms with Crippen molar-refractivity contribution in [2.45, 2.75) is 26.4 Å². The van der Waals surface area contributed by atoms with Gasteiger partial charge in [0.15, 0.2) is 0 Å². The van der Waals surface area contributed by atoms with Crippen molar-refractivity contribution >= 4 is 10.9 Å². The summed E-state index contributed by atoms with van der Waals surface area (Å²) < 4.78 is 0. The molecule has 0 saturated heterocycles. The van der Waals surface area contributed by atoms with Gasteiger partial charge in [-0.15, -0.1) is 0 Å². The van der Waals surface area contributed by atoms with E-state index in [1.54, 1.807) is 6.07 Å². The number of rotatable bonds is 2. The second kappa shape index (κ2) is 5.59. The predicted molar refractivity (Wildman–Crippen MR) is 88.0 cm³/mol. The third-order valence-electron chi connectivity index (χ3n) is 4.28. The van der Waals surface area contributed by atoms with E-state index in [0.717, 1.165) is 48.7 Å². The van der Waals surface area contributed by atoms with E-state index in [4.69, 9.17) is 0 Å². The van der Waals surface area contributed by atoms with Crippen LogP contribution in [0.3, 0.4) is 0 Å². The molecule has 1 N–H and O–H groups in total. The van der Waals surface area contributed by atoms with Crippen LogP contribution in [0.1, 0.15) is 22.8 Å². The molecule has 5 heteroatoms. The highest BCUT2D eigenvalue weighted by atomic mass is 16.3. The van der Waals surface area contributed by atoms with E-state index in [9.17, 15) is 5.11 Å². The highest BCUT2D eigenvalue weighted by molar-refractivity contribution is 5.84. The minimum Gasteiger partial charge on any atom is -0.506 e. The van der Waals surface area contributed by atoms with Gasteiger partial charge in [-0.2, -0.15) is 0 Å². The Hall–Kier alpha value is -2.53. The molecule has 0 radical (unpaired) electrons. The molecule has 0 spiro atoms. The molecular weight excluding hydrogens is 288 g/mol. The van der Waals surface area contributed by atoms with Crippen molar-refractivity contribution in [2.24, 2.45) is 0 Å². The van der Waals surface area contributed by atoms with Gasteiger partial charge >= 0.3 is 0 Å². The normalized spacial score (nSPS) is 14.8. The van der Waals surface area contributed by atoms with Crippen LogP contribution in [-0.2, 0) is 19.5 Å². The molecule has 0 unspecified atom stereocenters. The maximum atomic E-state index is 9.97. The van der Waals surface area contributed by atoms with Gasteiger partial charge in [-0.3, -0.25) is 4.90 Å². The number of pyridine rings is 1. The molecule has 0 amide bonds. The quantitative estimate of drug-likeness (QED) is 0.788. The van der Waals surface area contributed by atoms with Crippen molar-refractivity contribution in [3.8, 4) is 5.75 Å². The van der Waals surface area contributed by atoms with Gasteiger partial charge < -0.3 is 5.11 Å². The van der Waals surface area contributed by atoms with Crippen molar-refractivity contribution in [1.29, 1.82) is 0 Å². The molecule has 1 aliphatic heterocycles. The SMILES string of the molecule is Cc1ncc2c(n1)CCN(Cc1ccc3cccc(O)c3n1)C2. The summed E-state index contributed by atoms with van der Waals surface area (Å²) in [5.41, 5.74) is 4.00. The minimum atomic E-state index is 0.234. The molecule has 23 heavy (non-hydrogen) atoms. The monoisotopic (exact) mass is 306 g/mol. The van der Waals surface area contributed by atoms with Crippen molar-refractivity contribution in [1.82, 2.24) is 19.9 Å². The molecule has 116 valence electrons. The summed E-state index contributed by atoms with van der Waals surface area (Å²) in [6.45, 7) is 4.50. The Kier molecular flexibility index (Phi) is 3.42. The van der Waals surface area contributed by atoms with Crippen molar-refractivity contribution < 1.29 is 5.11 Å². The molecule has 1 aliphatic rings. The third kappa shape index (κ3) is 2.75. The van der Waals surface area contributed by atoms with Crippen LogP contribution in [0.5, 0.6) is 5.75 Å². The molecule has 0 saturated carbocycles. The summed E-state index contributed by atoms with van der Waals surface area (Å²) in [4.78, 5) is 15.8. The first-order valence-electron chi connectivity index (χ1n) is 7.80. The Morgan fingerprint density at radius 3 is 3.00 bits per heavy atom. The highest BCUT2D eigenvalue weighted by Crippen LogP contribution is 2.24. The fraction of sp³-hybridized carbons (Fsp3) is 0.278. The van der Waals surface area contributed by atoms with E-state index in [2.05, 4.69) is 19.9 Å². The fourth-order valence-corrected chi connectivity index (χ4v) is 3.10. The van der Waals surface area contributed by atoms with Crippen LogP contribution in [0.15, 0.2) is 36.5 Å². The molecule has 0 aliphatic carbocycles. The number of aromatic hydroxyl groups is 1. The number of hydrogen-bond donors (Lipinski definition) is 1. The Balaban J connectivity index is 1.57. The van der Waals surface area contributed by atoms with Crippen LogP contribution >= 0.6 is 0 Å². The molecule has 3 heterocycles. The van der Waals surface area contributed by atoms with Crippen molar-refractivity contribution in [2.75, 3.05) is 6.54 Å². The summed E-state index contributed by atoms with van der Waals surface area (Å²) in [5, 5.41) is 10.9. The van der Waals surface area contributed by atoms with E-state index in [1.165, 1.54) is 5.56 Å². The van der Waals surface area contributed by atoms with Gasteiger partial charge in [0, 0.05) is 48.9 Å². The standard InChI is InChI=1S/C18H18N4O/c1-12-19-9-14-10-22(8-7-16(14)20-12)11-15-6-5-13-3-2-4-17(23)18(13)21-15/h2-6,9,23H,7-8,10-11H2,1H3. The molecule has 4 rings (SSSR count). The third-order valence-corrected chi connectivity index (χ3v) is 4.28. The Bertz CT molecular complexity index is 878. The van der Waals surface area contributed by atoms with E-state index >= 15 is 0 Å². The number of nitrogens with zero attached hydrogens (tertiary/aromatic N) is 4. The lowest BCUT2D eigenvalue weighted by Crippen LogP contribution is -2.31. The van der Waals surface area contributed by atoms with E-state index in [-0.39, 0.29) is 5.75 Å². The topological polar surface area (TPSA) is 62.1 Å². The molecular formula is C18H18N4O. The van der Waals surface area contributed by atoms with Crippen molar-refractivity contribution in [3.63, 3.8) is 0 Å². The van der Waals surface area contributed by atoms with Crippen LogP contribution < -0.4 is 0 Å². The number of aromatic nitrogens is 3. The minimum absolute atomic E-state index is 0.234. The summed E-state index contributed by atoms with van der Waals surface area (Å²) in [7, 11) is 0. The van der Waals surface area contributed by atoms with E-state index < -0.39 is 0 Å². The zero-order chi connectivity index (χ0) is 15.8. The number of phenolic OH excluding ortho intramolecular Hbond substituents is 1. The molecule has 2 aromatic heterocycles. The molecule has 0 bridgehead atoms. The lowest BCUT2D eigenvalue weighted by Gasteiger charge is -2.27. The summed E-state index contributed by atoms with van der Waals surface area (Å²) in [6.07, 6.45) is 2.88. The maximum absolute atomic E-state index is 9.97. The van der Waals surface area contributed by atoms with Gasteiger partial charge in [-0.1, -0.05) is 18.2 Å². The van der Waals surface area contributed by atoms with Crippen LogP contribution in [0.25, 0.3) is 10.9 Å². The average Bonchev–Trinajstić information content (AvgIpc) is 2.56. The molecule has 1 aromatic carbocycles. The number of para-hydroxylation sites is 1. The summed E-state index contributed by atoms with van der Waals surface area (Å²) in [6, 6.07) is 9.52. The second-order valence-electron chi connectivity index (χ2n) is 6.00. The number of hydrogen-bond acceptors (Lipinski definition) is 5. The Morgan fingerprint density at radius 2 is 2.09 bits per heavy atom. The number of fused-ring (bicyclic) bond motifs is 2. The van der Waals surface area contributed by atoms with Crippen LogP contribution in [-0.4, -0.2) is 31.5 Å². The van der Waals surface area contributed by atoms with Gasteiger partial charge in [-0.05, 0) is 19.1 Å². The van der Waals surface area contributed by atoms with E-state index in [1.807, 2.05) is 37.4 Å². The van der Waals surface area contributed by atoms with Crippen molar-refractivity contribution in [3.05, 3.63) is 59.3 Å². The Labute approximate surface area is 134 Å². The first-order valence-corrected chi connectivity index (χ1v) is 7.80. The van der Waals surface area contributed by atoms with Gasteiger partial charge in [0.25, 0.3) is 0 Å².